The number of ether oxygens (including phenoxy) is 1. The minimum absolute atomic E-state index is 0.0461. The van der Waals surface area contributed by atoms with Crippen LogP contribution in [0.2, 0.25) is 0 Å². The first-order valence-corrected chi connectivity index (χ1v) is 7.51. The molecular weight excluding hydrogens is 306 g/mol. The molecule has 104 valence electrons. The van der Waals surface area contributed by atoms with Gasteiger partial charge in [0.15, 0.2) is 0 Å². The summed E-state index contributed by atoms with van der Waals surface area (Å²) in [6.07, 6.45) is 3.57. The molecule has 0 bridgehead atoms. The first-order chi connectivity index (χ1) is 9.09. The molecule has 1 fully saturated rings. The van der Waals surface area contributed by atoms with Gasteiger partial charge in [0.25, 0.3) is 5.91 Å². The van der Waals surface area contributed by atoms with Crippen molar-refractivity contribution in [1.29, 1.82) is 0 Å². The van der Waals surface area contributed by atoms with Gasteiger partial charge in [-0.2, -0.15) is 0 Å². The molecule has 0 radical (unpaired) electrons. The zero-order valence-electron chi connectivity index (χ0n) is 11.5. The average molecular weight is 326 g/mol. The number of benzene rings is 1. The highest BCUT2D eigenvalue weighted by molar-refractivity contribution is 9.10. The number of nitrogens with zero attached hydrogens (tertiary/aromatic N) is 1. The van der Waals surface area contributed by atoms with Crippen LogP contribution in [0.3, 0.4) is 0 Å². The van der Waals surface area contributed by atoms with Gasteiger partial charge in [0, 0.05) is 24.7 Å². The van der Waals surface area contributed by atoms with E-state index in [1.807, 2.05) is 32.2 Å². The Morgan fingerprint density at radius 1 is 1.47 bits per heavy atom. The molecule has 0 aliphatic carbocycles. The Labute approximate surface area is 123 Å². The summed E-state index contributed by atoms with van der Waals surface area (Å²) in [5, 5.41) is 0. The van der Waals surface area contributed by atoms with E-state index in [9.17, 15) is 4.79 Å². The van der Waals surface area contributed by atoms with Crippen molar-refractivity contribution < 1.29 is 9.53 Å². The van der Waals surface area contributed by atoms with E-state index in [0.29, 0.717) is 6.54 Å². The third-order valence-electron chi connectivity index (χ3n) is 3.52. The van der Waals surface area contributed by atoms with Crippen molar-refractivity contribution in [3.63, 3.8) is 0 Å². The Morgan fingerprint density at radius 3 is 2.95 bits per heavy atom. The second kappa shape index (κ2) is 6.53. The largest absolute Gasteiger partial charge is 0.376 e. The zero-order chi connectivity index (χ0) is 13.8. The number of hydrogen-bond donors (Lipinski definition) is 0. The molecule has 0 aromatic heterocycles. The van der Waals surface area contributed by atoms with Crippen LogP contribution in [0.5, 0.6) is 0 Å². The lowest BCUT2D eigenvalue weighted by atomic mass is 10.1. The summed E-state index contributed by atoms with van der Waals surface area (Å²) >= 11 is 3.50. The molecule has 4 heteroatoms. The van der Waals surface area contributed by atoms with E-state index < -0.39 is 0 Å². The van der Waals surface area contributed by atoms with Crippen molar-refractivity contribution in [2.24, 2.45) is 0 Å². The van der Waals surface area contributed by atoms with Gasteiger partial charge in [0.05, 0.1) is 11.7 Å². The van der Waals surface area contributed by atoms with Gasteiger partial charge in [-0.25, -0.2) is 0 Å². The lowest BCUT2D eigenvalue weighted by molar-refractivity contribution is -0.000205. The third-order valence-corrected chi connectivity index (χ3v) is 4.57. The van der Waals surface area contributed by atoms with Gasteiger partial charge in [0.1, 0.15) is 0 Å². The minimum Gasteiger partial charge on any atom is -0.376 e. The molecule has 1 atom stereocenters. The molecule has 1 saturated heterocycles. The van der Waals surface area contributed by atoms with E-state index in [4.69, 9.17) is 4.74 Å². The Morgan fingerprint density at radius 2 is 2.26 bits per heavy atom. The summed E-state index contributed by atoms with van der Waals surface area (Å²) in [7, 11) is 1.84. The number of amides is 1. The molecule has 1 amide bonds. The van der Waals surface area contributed by atoms with Crippen LogP contribution in [0.1, 0.15) is 35.2 Å². The number of halogens is 1. The van der Waals surface area contributed by atoms with Gasteiger partial charge in [-0.1, -0.05) is 12.1 Å². The van der Waals surface area contributed by atoms with Gasteiger partial charge < -0.3 is 9.64 Å². The highest BCUT2D eigenvalue weighted by atomic mass is 79.9. The predicted molar refractivity (Wildman–Crippen MR) is 79.4 cm³/mol. The number of carbonyl (C=O) groups is 1. The van der Waals surface area contributed by atoms with Gasteiger partial charge in [-0.3, -0.25) is 4.79 Å². The number of rotatable bonds is 3. The monoisotopic (exact) mass is 325 g/mol. The van der Waals surface area contributed by atoms with E-state index in [-0.39, 0.29) is 12.0 Å². The van der Waals surface area contributed by atoms with Crippen LogP contribution in [0.15, 0.2) is 22.7 Å². The fraction of sp³-hybridized carbons (Fsp3) is 0.533. The fourth-order valence-electron chi connectivity index (χ4n) is 2.36. The van der Waals surface area contributed by atoms with Gasteiger partial charge in [-0.05, 0) is 53.7 Å². The van der Waals surface area contributed by atoms with Crippen molar-refractivity contribution in [1.82, 2.24) is 4.90 Å². The molecule has 1 unspecified atom stereocenters. The predicted octanol–water partition coefficient (Wildman–Crippen LogP) is 3.40. The highest BCUT2D eigenvalue weighted by Crippen LogP contribution is 2.23. The average Bonchev–Trinajstić information content (AvgIpc) is 2.42. The van der Waals surface area contributed by atoms with E-state index in [1.54, 1.807) is 4.90 Å². The van der Waals surface area contributed by atoms with Gasteiger partial charge in [-0.15, -0.1) is 0 Å². The summed E-state index contributed by atoms with van der Waals surface area (Å²) in [6, 6.07) is 5.76. The zero-order valence-corrected chi connectivity index (χ0v) is 13.1. The standard InChI is InChI=1S/C15H20BrNO2/c1-11-6-5-8-13(14(11)16)15(18)17(2)10-12-7-3-4-9-19-12/h5-6,8,12H,3-4,7,9-10H2,1-2H3. The quantitative estimate of drug-likeness (QED) is 0.852. The summed E-state index contributed by atoms with van der Waals surface area (Å²) < 4.78 is 6.57. The second-order valence-electron chi connectivity index (χ2n) is 5.11. The number of likely N-dealkylation sites (N-methyl/N-ethyl adjacent to an activating group) is 1. The summed E-state index contributed by atoms with van der Waals surface area (Å²) in [4.78, 5) is 14.2. The molecule has 1 heterocycles. The van der Waals surface area contributed by atoms with Crippen LogP contribution in [-0.4, -0.2) is 37.1 Å². The first-order valence-electron chi connectivity index (χ1n) is 6.72. The second-order valence-corrected chi connectivity index (χ2v) is 5.90. The molecular formula is C15H20BrNO2. The van der Waals surface area contributed by atoms with Crippen molar-refractivity contribution >= 4 is 21.8 Å². The van der Waals surface area contributed by atoms with E-state index in [1.165, 1.54) is 6.42 Å². The molecule has 3 nitrogen and oxygen atoms in total. The van der Waals surface area contributed by atoms with E-state index in [0.717, 1.165) is 35.0 Å². The summed E-state index contributed by atoms with van der Waals surface area (Å²) in [6.45, 7) is 3.48. The van der Waals surface area contributed by atoms with Crippen LogP contribution in [0.25, 0.3) is 0 Å². The fourth-order valence-corrected chi connectivity index (χ4v) is 2.79. The van der Waals surface area contributed by atoms with Crippen LogP contribution in [-0.2, 0) is 4.74 Å². The van der Waals surface area contributed by atoms with Crippen molar-refractivity contribution in [3.05, 3.63) is 33.8 Å². The summed E-state index contributed by atoms with van der Waals surface area (Å²) in [5.41, 5.74) is 1.80. The van der Waals surface area contributed by atoms with Crippen molar-refractivity contribution in [3.8, 4) is 0 Å². The summed E-state index contributed by atoms with van der Waals surface area (Å²) in [5.74, 6) is 0.0461. The van der Waals surface area contributed by atoms with Crippen molar-refractivity contribution in [2.75, 3.05) is 20.2 Å². The number of carbonyl (C=O) groups excluding carboxylic acids is 1. The maximum absolute atomic E-state index is 12.4. The van der Waals surface area contributed by atoms with Crippen LogP contribution < -0.4 is 0 Å². The van der Waals surface area contributed by atoms with E-state index in [2.05, 4.69) is 15.9 Å². The van der Waals surface area contributed by atoms with Crippen LogP contribution in [0, 0.1) is 6.92 Å². The van der Waals surface area contributed by atoms with Gasteiger partial charge >= 0.3 is 0 Å². The highest BCUT2D eigenvalue weighted by Gasteiger charge is 2.21. The molecule has 1 aliphatic rings. The normalized spacial score (nSPS) is 19.2. The molecule has 0 saturated carbocycles. The van der Waals surface area contributed by atoms with Crippen LogP contribution in [0.4, 0.5) is 0 Å². The molecule has 1 aromatic rings. The third kappa shape index (κ3) is 3.57. The van der Waals surface area contributed by atoms with Gasteiger partial charge in [0.2, 0.25) is 0 Å². The smallest absolute Gasteiger partial charge is 0.254 e. The van der Waals surface area contributed by atoms with Crippen molar-refractivity contribution in [2.45, 2.75) is 32.3 Å². The topological polar surface area (TPSA) is 29.5 Å². The Hall–Kier alpha value is -0.870. The Bertz CT molecular complexity index is 455. The maximum Gasteiger partial charge on any atom is 0.254 e. The number of hydrogen-bond acceptors (Lipinski definition) is 2. The Balaban J connectivity index is 2.03. The number of aryl methyl sites for hydroxylation is 1. The molecule has 0 N–H and O–H groups in total. The Kier molecular flexibility index (Phi) is 4.99. The molecule has 1 aliphatic heterocycles. The minimum atomic E-state index is 0.0461. The lowest BCUT2D eigenvalue weighted by Crippen LogP contribution is -2.37. The molecule has 0 spiro atoms. The molecule has 2 rings (SSSR count). The molecule has 1 aromatic carbocycles. The first kappa shape index (κ1) is 14.5. The van der Waals surface area contributed by atoms with E-state index >= 15 is 0 Å². The molecule has 19 heavy (non-hydrogen) atoms. The maximum atomic E-state index is 12.4. The SMILES string of the molecule is Cc1cccc(C(=O)N(C)CC2CCCCO2)c1Br. The lowest BCUT2D eigenvalue weighted by Gasteiger charge is -2.27. The van der Waals surface area contributed by atoms with Crippen LogP contribution >= 0.6 is 15.9 Å².